The third-order valence-corrected chi connectivity index (χ3v) is 4.88. The van der Waals surface area contributed by atoms with E-state index < -0.39 is 24.3 Å². The highest BCUT2D eigenvalue weighted by molar-refractivity contribution is 6.62. The molecule has 0 spiro atoms. The highest BCUT2D eigenvalue weighted by Gasteiger charge is 2.51. The molecule has 1 aromatic carbocycles. The molecule has 1 aliphatic heterocycles. The summed E-state index contributed by atoms with van der Waals surface area (Å²) in [6, 6.07) is 5.39. The molecule has 0 saturated carbocycles. The second-order valence-corrected chi connectivity index (χ2v) is 7.74. The number of aromatic carboxylic acids is 1. The zero-order valence-corrected chi connectivity index (χ0v) is 15.0. The van der Waals surface area contributed by atoms with Crippen molar-refractivity contribution in [2.24, 2.45) is 5.92 Å². The van der Waals surface area contributed by atoms with E-state index in [1.807, 2.05) is 33.8 Å². The number of hydrogen-bond donors (Lipinski definition) is 1. The van der Waals surface area contributed by atoms with E-state index in [0.717, 1.165) is 23.9 Å². The molecule has 126 valence electrons. The third-order valence-electron chi connectivity index (χ3n) is 4.88. The molecule has 1 fully saturated rings. The van der Waals surface area contributed by atoms with Gasteiger partial charge in [-0.1, -0.05) is 26.0 Å². The Bertz CT molecular complexity index is 577. The van der Waals surface area contributed by atoms with Crippen molar-refractivity contribution in [3.05, 3.63) is 29.3 Å². The molecule has 0 amide bonds. The normalized spacial score (nSPS) is 19.3. The van der Waals surface area contributed by atoms with Crippen molar-refractivity contribution < 1.29 is 19.2 Å². The van der Waals surface area contributed by atoms with Gasteiger partial charge in [0, 0.05) is 0 Å². The van der Waals surface area contributed by atoms with Gasteiger partial charge in [-0.15, -0.1) is 0 Å². The number of hydrogen-bond acceptors (Lipinski definition) is 3. The van der Waals surface area contributed by atoms with Crippen LogP contribution in [0.25, 0.3) is 0 Å². The van der Waals surface area contributed by atoms with Gasteiger partial charge in [0.15, 0.2) is 0 Å². The first-order chi connectivity index (χ1) is 10.5. The molecule has 0 unspecified atom stereocenters. The van der Waals surface area contributed by atoms with Crippen LogP contribution in [-0.2, 0) is 15.7 Å². The molecule has 1 aliphatic rings. The highest BCUT2D eigenvalue weighted by Crippen LogP contribution is 2.36. The number of carboxylic acid groups (broad SMARTS) is 1. The maximum Gasteiger partial charge on any atom is 0.494 e. The van der Waals surface area contributed by atoms with Crippen molar-refractivity contribution in [3.63, 3.8) is 0 Å². The van der Waals surface area contributed by atoms with E-state index in [1.54, 1.807) is 12.1 Å². The molecular formula is C18H27BO4. The second kappa shape index (κ2) is 6.29. The van der Waals surface area contributed by atoms with E-state index in [1.165, 1.54) is 0 Å². The van der Waals surface area contributed by atoms with Crippen molar-refractivity contribution in [3.8, 4) is 0 Å². The Morgan fingerprint density at radius 2 is 1.74 bits per heavy atom. The Morgan fingerprint density at radius 3 is 2.22 bits per heavy atom. The first kappa shape index (κ1) is 18.0. The summed E-state index contributed by atoms with van der Waals surface area (Å²) in [5, 5.41) is 9.39. The summed E-state index contributed by atoms with van der Waals surface area (Å²) in [4.78, 5) is 11.4. The predicted molar refractivity (Wildman–Crippen MR) is 92.3 cm³/mol. The molecule has 1 heterocycles. The van der Waals surface area contributed by atoms with Crippen LogP contribution in [-0.4, -0.2) is 29.4 Å². The van der Waals surface area contributed by atoms with Gasteiger partial charge < -0.3 is 14.4 Å². The minimum atomic E-state index is -0.885. The zero-order valence-electron chi connectivity index (χ0n) is 15.0. The predicted octanol–water partition coefficient (Wildman–Crippen LogP) is 3.27. The molecule has 23 heavy (non-hydrogen) atoms. The van der Waals surface area contributed by atoms with Gasteiger partial charge in [-0.05, 0) is 63.5 Å². The molecule has 0 radical (unpaired) electrons. The van der Waals surface area contributed by atoms with Gasteiger partial charge in [0.1, 0.15) is 0 Å². The Labute approximate surface area is 139 Å². The monoisotopic (exact) mass is 318 g/mol. The van der Waals surface area contributed by atoms with Gasteiger partial charge >= 0.3 is 13.1 Å². The minimum absolute atomic E-state index is 0.367. The highest BCUT2D eigenvalue weighted by atomic mass is 16.7. The Balaban J connectivity index is 2.31. The van der Waals surface area contributed by atoms with Crippen LogP contribution < -0.4 is 5.46 Å². The number of carbonyl (C=O) groups is 1. The van der Waals surface area contributed by atoms with E-state index in [9.17, 15) is 9.90 Å². The summed E-state index contributed by atoms with van der Waals surface area (Å²) in [6.45, 7) is 12.3. The van der Waals surface area contributed by atoms with Crippen LogP contribution in [0.4, 0.5) is 0 Å². The zero-order chi connectivity index (χ0) is 17.4. The smallest absolute Gasteiger partial charge is 0.478 e. The quantitative estimate of drug-likeness (QED) is 0.847. The number of aryl methyl sites for hydroxylation is 1. The third kappa shape index (κ3) is 3.78. The lowest BCUT2D eigenvalue weighted by atomic mass is 9.77. The molecule has 1 N–H and O–H groups in total. The summed E-state index contributed by atoms with van der Waals surface area (Å²) < 4.78 is 12.1. The summed E-state index contributed by atoms with van der Waals surface area (Å²) >= 11 is 0. The fourth-order valence-corrected chi connectivity index (χ4v) is 2.60. The molecule has 4 nitrogen and oxygen atoms in total. The van der Waals surface area contributed by atoms with Gasteiger partial charge in [0.05, 0.1) is 16.8 Å². The van der Waals surface area contributed by atoms with Crippen molar-refractivity contribution in [2.45, 2.75) is 65.6 Å². The van der Waals surface area contributed by atoms with Crippen molar-refractivity contribution in [2.75, 3.05) is 0 Å². The number of benzene rings is 1. The van der Waals surface area contributed by atoms with Gasteiger partial charge in [-0.3, -0.25) is 0 Å². The first-order valence-electron chi connectivity index (χ1n) is 8.25. The van der Waals surface area contributed by atoms with Crippen molar-refractivity contribution in [1.29, 1.82) is 0 Å². The maximum atomic E-state index is 11.4. The molecule has 2 rings (SSSR count). The van der Waals surface area contributed by atoms with Gasteiger partial charge in [-0.25, -0.2) is 4.79 Å². The molecular weight excluding hydrogens is 291 g/mol. The van der Waals surface area contributed by atoms with Crippen molar-refractivity contribution >= 4 is 18.6 Å². The molecule has 0 aliphatic carbocycles. The average molecular weight is 318 g/mol. The summed E-state index contributed by atoms with van der Waals surface area (Å²) in [6.07, 6.45) is 1.69. The Kier molecular flexibility index (Phi) is 4.93. The Hall–Kier alpha value is -1.33. The largest absolute Gasteiger partial charge is 0.494 e. The summed E-state index contributed by atoms with van der Waals surface area (Å²) in [5.41, 5.74) is 1.29. The first-order valence-corrected chi connectivity index (χ1v) is 8.25. The standard InChI is InChI=1S/C18H27BO4/c1-12(2)7-8-13-11-14(9-10-15(13)16(20)21)19-22-17(3,4)18(5,6)23-19/h9-12H,7-8H2,1-6H3,(H,20,21). The summed E-state index contributed by atoms with van der Waals surface area (Å²) in [7, 11) is -0.458. The molecule has 0 bridgehead atoms. The van der Waals surface area contributed by atoms with Crippen LogP contribution in [0.15, 0.2) is 18.2 Å². The number of rotatable bonds is 5. The summed E-state index contributed by atoms with van der Waals surface area (Å²) in [5.74, 6) is -0.360. The van der Waals surface area contributed by atoms with Crippen LogP contribution in [0.1, 0.15) is 63.9 Å². The molecule has 5 heteroatoms. The van der Waals surface area contributed by atoms with Crippen LogP contribution in [0.5, 0.6) is 0 Å². The van der Waals surface area contributed by atoms with Gasteiger partial charge in [0.2, 0.25) is 0 Å². The topological polar surface area (TPSA) is 55.8 Å². The minimum Gasteiger partial charge on any atom is -0.478 e. The van der Waals surface area contributed by atoms with Crippen LogP contribution in [0.2, 0.25) is 0 Å². The van der Waals surface area contributed by atoms with Gasteiger partial charge in [0.25, 0.3) is 0 Å². The van der Waals surface area contributed by atoms with Crippen LogP contribution >= 0.6 is 0 Å². The molecule has 0 atom stereocenters. The van der Waals surface area contributed by atoms with Gasteiger partial charge in [-0.2, -0.15) is 0 Å². The fraction of sp³-hybridized carbons (Fsp3) is 0.611. The molecule has 1 saturated heterocycles. The van der Waals surface area contributed by atoms with E-state index in [2.05, 4.69) is 13.8 Å². The van der Waals surface area contributed by atoms with E-state index >= 15 is 0 Å². The average Bonchev–Trinajstić information content (AvgIpc) is 2.64. The lowest BCUT2D eigenvalue weighted by Crippen LogP contribution is -2.41. The fourth-order valence-electron chi connectivity index (χ4n) is 2.60. The second-order valence-electron chi connectivity index (χ2n) is 7.74. The Morgan fingerprint density at radius 1 is 1.17 bits per heavy atom. The lowest BCUT2D eigenvalue weighted by molar-refractivity contribution is 0.00578. The van der Waals surface area contributed by atoms with E-state index in [-0.39, 0.29) is 0 Å². The lowest BCUT2D eigenvalue weighted by Gasteiger charge is -2.32. The van der Waals surface area contributed by atoms with E-state index in [0.29, 0.717) is 11.5 Å². The van der Waals surface area contributed by atoms with Crippen LogP contribution in [0.3, 0.4) is 0 Å². The maximum absolute atomic E-state index is 11.4. The number of carboxylic acids is 1. The molecule has 1 aromatic rings. The SMILES string of the molecule is CC(C)CCc1cc(B2OC(C)(C)C(C)(C)O2)ccc1C(=O)O. The van der Waals surface area contributed by atoms with Crippen LogP contribution in [0, 0.1) is 5.92 Å². The molecule has 0 aromatic heterocycles. The van der Waals surface area contributed by atoms with Crippen molar-refractivity contribution in [1.82, 2.24) is 0 Å². The van der Waals surface area contributed by atoms with E-state index in [4.69, 9.17) is 9.31 Å².